The lowest BCUT2D eigenvalue weighted by molar-refractivity contribution is 0.0511. The van der Waals surface area contributed by atoms with Gasteiger partial charge in [0, 0.05) is 37.8 Å². The van der Waals surface area contributed by atoms with Crippen molar-refractivity contribution in [3.63, 3.8) is 0 Å². The average molecular weight is 569 g/mol. The Morgan fingerprint density at radius 1 is 0.780 bits per heavy atom. The molecule has 0 radical (unpaired) electrons. The first-order valence-electron chi connectivity index (χ1n) is 15.4. The smallest absolute Gasteiger partial charge is 0.251 e. The van der Waals surface area contributed by atoms with Crippen LogP contribution in [0.2, 0.25) is 0 Å². The number of nitrogens with one attached hydrogen (secondary N) is 4. The van der Waals surface area contributed by atoms with Crippen LogP contribution in [0.1, 0.15) is 80.1 Å². The summed E-state index contributed by atoms with van der Waals surface area (Å²) in [5, 5.41) is 13.3. The zero-order chi connectivity index (χ0) is 28.5. The molecule has 6 N–H and O–H groups in total. The van der Waals surface area contributed by atoms with Gasteiger partial charge in [0.05, 0.1) is 26.4 Å². The van der Waals surface area contributed by atoms with E-state index in [1.807, 2.05) is 24.3 Å². The Balaban J connectivity index is 1.26. The molecule has 2 fully saturated rings. The quantitative estimate of drug-likeness (QED) is 0.178. The number of amides is 1. The van der Waals surface area contributed by atoms with Crippen LogP contribution < -0.4 is 27.0 Å². The third-order valence-electron chi connectivity index (χ3n) is 7.68. The second-order valence-electron chi connectivity index (χ2n) is 11.0. The Kier molecular flexibility index (Phi) is 13.4. The number of benzene rings is 1. The maximum atomic E-state index is 12.5. The minimum absolute atomic E-state index is 0.128. The molecule has 1 heterocycles. The lowest BCUT2D eigenvalue weighted by Gasteiger charge is -2.24. The molecule has 2 aromatic rings. The predicted molar refractivity (Wildman–Crippen MR) is 162 cm³/mol. The Hall–Kier alpha value is -3.02. The van der Waals surface area contributed by atoms with Crippen molar-refractivity contribution in [1.29, 1.82) is 0 Å². The summed E-state index contributed by atoms with van der Waals surface area (Å²) in [4.78, 5) is 26.5. The van der Waals surface area contributed by atoms with E-state index in [2.05, 4.69) is 31.2 Å². The molecule has 0 atom stereocenters. The molecular weight excluding hydrogens is 520 g/mol. The topological polar surface area (TPSA) is 148 Å². The molecular formula is C30H48N8O3. The van der Waals surface area contributed by atoms with Crippen molar-refractivity contribution in [1.82, 2.24) is 20.3 Å². The highest BCUT2D eigenvalue weighted by atomic mass is 16.5. The highest BCUT2D eigenvalue weighted by molar-refractivity contribution is 5.94. The van der Waals surface area contributed by atoms with E-state index in [0.29, 0.717) is 81.4 Å². The largest absolute Gasteiger partial charge is 0.378 e. The van der Waals surface area contributed by atoms with Crippen molar-refractivity contribution < 1.29 is 14.3 Å². The summed E-state index contributed by atoms with van der Waals surface area (Å²) < 4.78 is 10.7. The van der Waals surface area contributed by atoms with Crippen LogP contribution in [-0.4, -0.2) is 73.0 Å². The van der Waals surface area contributed by atoms with Crippen molar-refractivity contribution in [2.75, 3.05) is 62.0 Å². The van der Waals surface area contributed by atoms with Crippen LogP contribution in [0, 0.1) is 5.92 Å². The minimum atomic E-state index is -0.128. The molecule has 0 aliphatic heterocycles. The van der Waals surface area contributed by atoms with E-state index in [1.165, 1.54) is 51.4 Å². The summed E-state index contributed by atoms with van der Waals surface area (Å²) in [6.45, 7) is 4.31. The van der Waals surface area contributed by atoms with Gasteiger partial charge in [-0.1, -0.05) is 50.7 Å². The number of nitrogens with zero attached hydrogens (tertiary/aromatic N) is 3. The normalized spacial score (nSPS) is 16.3. The summed E-state index contributed by atoms with van der Waals surface area (Å²) >= 11 is 0. The standard InChI is InChI=1S/C30H48N8O3/c31-15-17-40-19-20-41-18-16-32-27(39)25-13-11-24(12-14-25)22-34-29-36-28(33-21-23-7-3-1-4-8-23)37-30(38-29)35-26-9-5-2-6-10-26/h11-14,23,26H,1-10,15-22,31H2,(H,32,39)(H3,33,34,35,36,37,38). The maximum absolute atomic E-state index is 12.5. The molecule has 1 aromatic carbocycles. The van der Waals surface area contributed by atoms with Gasteiger partial charge in [-0.05, 0) is 49.3 Å². The van der Waals surface area contributed by atoms with Gasteiger partial charge in [-0.15, -0.1) is 0 Å². The van der Waals surface area contributed by atoms with Crippen LogP contribution in [0.3, 0.4) is 0 Å². The molecule has 2 aliphatic carbocycles. The molecule has 11 nitrogen and oxygen atoms in total. The first-order valence-corrected chi connectivity index (χ1v) is 15.4. The molecule has 226 valence electrons. The van der Waals surface area contributed by atoms with Crippen LogP contribution in [0.25, 0.3) is 0 Å². The van der Waals surface area contributed by atoms with Gasteiger partial charge >= 0.3 is 0 Å². The average Bonchev–Trinajstić information content (AvgIpc) is 3.01. The van der Waals surface area contributed by atoms with Gasteiger partial charge in [0.15, 0.2) is 0 Å². The van der Waals surface area contributed by atoms with Gasteiger partial charge in [-0.25, -0.2) is 0 Å². The number of rotatable bonds is 17. The number of carbonyl (C=O) groups excluding carboxylic acids is 1. The minimum Gasteiger partial charge on any atom is -0.378 e. The lowest BCUT2D eigenvalue weighted by Crippen LogP contribution is -2.27. The third kappa shape index (κ3) is 11.4. The molecule has 11 heteroatoms. The zero-order valence-electron chi connectivity index (χ0n) is 24.3. The monoisotopic (exact) mass is 568 g/mol. The van der Waals surface area contributed by atoms with Gasteiger partial charge in [-0.3, -0.25) is 4.79 Å². The molecule has 1 aromatic heterocycles. The Bertz CT molecular complexity index is 1030. The fraction of sp³-hybridized carbons (Fsp3) is 0.667. The maximum Gasteiger partial charge on any atom is 0.251 e. The summed E-state index contributed by atoms with van der Waals surface area (Å²) in [6, 6.07) is 7.95. The predicted octanol–water partition coefficient (Wildman–Crippen LogP) is 3.94. The van der Waals surface area contributed by atoms with Crippen molar-refractivity contribution in [3.8, 4) is 0 Å². The first-order chi connectivity index (χ1) is 20.2. The fourth-order valence-corrected chi connectivity index (χ4v) is 5.35. The number of aromatic nitrogens is 3. The molecule has 0 spiro atoms. The van der Waals surface area contributed by atoms with Crippen molar-refractivity contribution in [2.45, 2.75) is 76.8 Å². The van der Waals surface area contributed by atoms with E-state index in [-0.39, 0.29) is 5.91 Å². The molecule has 41 heavy (non-hydrogen) atoms. The number of anilines is 3. The fourth-order valence-electron chi connectivity index (χ4n) is 5.35. The number of carbonyl (C=O) groups is 1. The summed E-state index contributed by atoms with van der Waals surface area (Å²) in [6.07, 6.45) is 12.6. The highest BCUT2D eigenvalue weighted by Gasteiger charge is 2.17. The molecule has 0 bridgehead atoms. The summed E-state index contributed by atoms with van der Waals surface area (Å²) in [7, 11) is 0. The molecule has 0 unspecified atom stereocenters. The Morgan fingerprint density at radius 2 is 1.41 bits per heavy atom. The Labute approximate surface area is 244 Å². The second kappa shape index (κ2) is 17.7. The summed E-state index contributed by atoms with van der Waals surface area (Å²) in [5.74, 6) is 2.33. The number of hydrogen-bond donors (Lipinski definition) is 5. The Morgan fingerprint density at radius 3 is 2.12 bits per heavy atom. The highest BCUT2D eigenvalue weighted by Crippen LogP contribution is 2.24. The molecule has 4 rings (SSSR count). The lowest BCUT2D eigenvalue weighted by atomic mass is 9.89. The molecule has 2 aliphatic rings. The SMILES string of the molecule is NCCOCCOCCNC(=O)c1ccc(CNc2nc(NCC3CCCCC3)nc(NC3CCCCC3)n2)cc1. The molecule has 1 amide bonds. The van der Waals surface area contributed by atoms with E-state index in [1.54, 1.807) is 0 Å². The van der Waals surface area contributed by atoms with Crippen LogP contribution >= 0.6 is 0 Å². The van der Waals surface area contributed by atoms with Crippen molar-refractivity contribution in [2.24, 2.45) is 11.7 Å². The second-order valence-corrected chi connectivity index (χ2v) is 11.0. The number of ether oxygens (including phenoxy) is 2. The van der Waals surface area contributed by atoms with E-state index < -0.39 is 0 Å². The number of hydrogen-bond acceptors (Lipinski definition) is 10. The molecule has 0 saturated heterocycles. The van der Waals surface area contributed by atoms with Crippen LogP contribution in [0.5, 0.6) is 0 Å². The van der Waals surface area contributed by atoms with E-state index in [0.717, 1.165) is 24.9 Å². The summed E-state index contributed by atoms with van der Waals surface area (Å²) in [5.41, 5.74) is 7.01. The van der Waals surface area contributed by atoms with Crippen LogP contribution in [0.15, 0.2) is 24.3 Å². The van der Waals surface area contributed by atoms with Gasteiger partial charge in [0.25, 0.3) is 5.91 Å². The third-order valence-corrected chi connectivity index (χ3v) is 7.68. The van der Waals surface area contributed by atoms with Crippen LogP contribution in [-0.2, 0) is 16.0 Å². The van der Waals surface area contributed by atoms with Gasteiger partial charge in [0.1, 0.15) is 0 Å². The van der Waals surface area contributed by atoms with Crippen molar-refractivity contribution >= 4 is 23.8 Å². The van der Waals surface area contributed by atoms with Gasteiger partial charge < -0.3 is 36.5 Å². The molecule has 2 saturated carbocycles. The zero-order valence-corrected chi connectivity index (χ0v) is 24.3. The number of nitrogens with two attached hydrogens (primary N) is 1. The van der Waals surface area contributed by atoms with Gasteiger partial charge in [0.2, 0.25) is 17.8 Å². The van der Waals surface area contributed by atoms with E-state index in [4.69, 9.17) is 20.2 Å². The first kappa shape index (κ1) is 30.9. The van der Waals surface area contributed by atoms with E-state index in [9.17, 15) is 4.79 Å². The van der Waals surface area contributed by atoms with Crippen molar-refractivity contribution in [3.05, 3.63) is 35.4 Å². The van der Waals surface area contributed by atoms with E-state index >= 15 is 0 Å². The van der Waals surface area contributed by atoms with Crippen LogP contribution in [0.4, 0.5) is 17.8 Å². The van der Waals surface area contributed by atoms with Gasteiger partial charge in [-0.2, -0.15) is 15.0 Å².